The summed E-state index contributed by atoms with van der Waals surface area (Å²) < 4.78 is 27.5. The van der Waals surface area contributed by atoms with Gasteiger partial charge < -0.3 is 4.90 Å². The molecule has 0 bridgehead atoms. The second-order valence-electron chi connectivity index (χ2n) is 6.07. The molecule has 0 unspecified atom stereocenters. The first-order valence-corrected chi connectivity index (χ1v) is 9.12. The van der Waals surface area contributed by atoms with Gasteiger partial charge in [-0.15, -0.1) is 12.4 Å². The number of aromatic nitrogens is 1. The maximum atomic E-state index is 13.0. The number of rotatable bonds is 2. The Hall–Kier alpha value is -1.82. The zero-order chi connectivity index (χ0) is 16.0. The van der Waals surface area contributed by atoms with Gasteiger partial charge in [-0.25, -0.2) is 12.4 Å². The van der Waals surface area contributed by atoms with E-state index in [0.717, 1.165) is 36.0 Å². The summed E-state index contributed by atoms with van der Waals surface area (Å²) in [4.78, 5) is 2.55. The number of hydrogen-bond donors (Lipinski definition) is 0. The van der Waals surface area contributed by atoms with Crippen molar-refractivity contribution >= 4 is 33.3 Å². The lowest BCUT2D eigenvalue weighted by Gasteiger charge is -2.13. The van der Waals surface area contributed by atoms with Gasteiger partial charge in [0, 0.05) is 24.7 Å². The number of likely N-dealkylation sites (N-methyl/N-ethyl adjacent to an activating group) is 1. The summed E-state index contributed by atoms with van der Waals surface area (Å²) in [5.41, 5.74) is 3.08. The molecule has 1 aliphatic rings. The SMILES string of the molecule is CN1CCc2cccc3c2c(cn3S(=O)(=O)c2ccccc2)C1.Cl. The zero-order valence-electron chi connectivity index (χ0n) is 13.3. The first-order chi connectivity index (χ1) is 11.1. The van der Waals surface area contributed by atoms with Crippen LogP contribution in [0.5, 0.6) is 0 Å². The van der Waals surface area contributed by atoms with Crippen LogP contribution in [0.1, 0.15) is 11.1 Å². The Kier molecular flexibility index (Phi) is 4.42. The lowest BCUT2D eigenvalue weighted by atomic mass is 10.1. The normalized spacial score (nSPS) is 15.0. The van der Waals surface area contributed by atoms with Crippen LogP contribution in [0.2, 0.25) is 0 Å². The summed E-state index contributed by atoms with van der Waals surface area (Å²) in [6, 6.07) is 14.6. The fourth-order valence-electron chi connectivity index (χ4n) is 3.33. The molecule has 126 valence electrons. The average Bonchev–Trinajstić information content (AvgIpc) is 2.85. The Balaban J connectivity index is 0.00000169. The van der Waals surface area contributed by atoms with Gasteiger partial charge in [0.25, 0.3) is 10.0 Å². The molecule has 2 aromatic carbocycles. The number of nitrogens with zero attached hydrogens (tertiary/aromatic N) is 2. The molecule has 2 heterocycles. The molecule has 1 aromatic heterocycles. The van der Waals surface area contributed by atoms with Gasteiger partial charge >= 0.3 is 0 Å². The molecule has 4 rings (SSSR count). The van der Waals surface area contributed by atoms with Crippen molar-refractivity contribution in [3.63, 3.8) is 0 Å². The summed E-state index contributed by atoms with van der Waals surface area (Å²) in [7, 11) is -1.50. The smallest absolute Gasteiger partial charge is 0.268 e. The number of halogens is 1. The molecule has 4 nitrogen and oxygen atoms in total. The first-order valence-electron chi connectivity index (χ1n) is 7.68. The highest BCUT2D eigenvalue weighted by Crippen LogP contribution is 2.31. The number of hydrogen-bond acceptors (Lipinski definition) is 3. The zero-order valence-corrected chi connectivity index (χ0v) is 15.0. The molecule has 0 atom stereocenters. The highest BCUT2D eigenvalue weighted by Gasteiger charge is 2.24. The van der Waals surface area contributed by atoms with Gasteiger partial charge in [0.15, 0.2) is 0 Å². The molecule has 6 heteroatoms. The molecule has 0 saturated carbocycles. The number of benzene rings is 2. The molecule has 0 spiro atoms. The van der Waals surface area contributed by atoms with E-state index in [4.69, 9.17) is 0 Å². The van der Waals surface area contributed by atoms with E-state index >= 15 is 0 Å². The molecule has 0 aliphatic carbocycles. The highest BCUT2D eigenvalue weighted by atomic mass is 35.5. The van der Waals surface area contributed by atoms with E-state index in [2.05, 4.69) is 18.0 Å². The van der Waals surface area contributed by atoms with E-state index in [0.29, 0.717) is 4.90 Å². The van der Waals surface area contributed by atoms with E-state index in [1.165, 1.54) is 9.54 Å². The van der Waals surface area contributed by atoms with Crippen molar-refractivity contribution in [2.45, 2.75) is 17.9 Å². The Bertz CT molecular complexity index is 981. The predicted molar refractivity (Wildman–Crippen MR) is 98.2 cm³/mol. The molecule has 24 heavy (non-hydrogen) atoms. The van der Waals surface area contributed by atoms with Crippen molar-refractivity contribution in [3.05, 3.63) is 65.9 Å². The van der Waals surface area contributed by atoms with E-state index < -0.39 is 10.0 Å². The van der Waals surface area contributed by atoms with Crippen molar-refractivity contribution < 1.29 is 8.42 Å². The standard InChI is InChI=1S/C18H18N2O2S.ClH/c1-19-11-10-14-6-5-9-17-18(14)15(12-19)13-20(17)23(21,22)16-7-3-2-4-8-16;/h2-9,13H,10-12H2,1H3;1H. The molecule has 1 aliphatic heterocycles. The Morgan fingerprint density at radius 2 is 1.71 bits per heavy atom. The maximum absolute atomic E-state index is 13.0. The third-order valence-electron chi connectivity index (χ3n) is 4.46. The van der Waals surface area contributed by atoms with Crippen molar-refractivity contribution in [3.8, 4) is 0 Å². The molecule has 0 N–H and O–H groups in total. The minimum absolute atomic E-state index is 0. The van der Waals surface area contributed by atoms with Gasteiger partial charge in [-0.1, -0.05) is 30.3 Å². The van der Waals surface area contributed by atoms with Crippen LogP contribution >= 0.6 is 12.4 Å². The van der Waals surface area contributed by atoms with Crippen molar-refractivity contribution in [2.24, 2.45) is 0 Å². The molecule has 0 amide bonds. The van der Waals surface area contributed by atoms with Gasteiger partial charge in [-0.05, 0) is 42.8 Å². The van der Waals surface area contributed by atoms with Gasteiger partial charge in [0.2, 0.25) is 0 Å². The molecule has 0 saturated heterocycles. The van der Waals surface area contributed by atoms with Crippen molar-refractivity contribution in [1.29, 1.82) is 0 Å². The second kappa shape index (κ2) is 6.24. The summed E-state index contributed by atoms with van der Waals surface area (Å²) >= 11 is 0. The van der Waals surface area contributed by atoms with Crippen LogP contribution in [0.3, 0.4) is 0 Å². The molecule has 0 radical (unpaired) electrons. The monoisotopic (exact) mass is 362 g/mol. The Labute approximate surface area is 148 Å². The summed E-state index contributed by atoms with van der Waals surface area (Å²) in [5, 5.41) is 1.09. The van der Waals surface area contributed by atoms with Crippen LogP contribution in [0.4, 0.5) is 0 Å². The molecular formula is C18H19ClN2O2S. The highest BCUT2D eigenvalue weighted by molar-refractivity contribution is 7.90. The largest absolute Gasteiger partial charge is 0.302 e. The van der Waals surface area contributed by atoms with Crippen LogP contribution in [0.25, 0.3) is 10.9 Å². The summed E-state index contributed by atoms with van der Waals surface area (Å²) in [5.74, 6) is 0. The quantitative estimate of drug-likeness (QED) is 0.702. The van der Waals surface area contributed by atoms with Crippen molar-refractivity contribution in [1.82, 2.24) is 8.87 Å². The van der Waals surface area contributed by atoms with E-state index in [9.17, 15) is 8.42 Å². The predicted octanol–water partition coefficient (Wildman–Crippen LogP) is 3.29. The van der Waals surface area contributed by atoms with Crippen molar-refractivity contribution in [2.75, 3.05) is 13.6 Å². The van der Waals surface area contributed by atoms with E-state index in [1.807, 2.05) is 18.2 Å². The van der Waals surface area contributed by atoms with Gasteiger partial charge in [-0.3, -0.25) is 0 Å². The first kappa shape index (κ1) is 17.0. The van der Waals surface area contributed by atoms with Crippen LogP contribution in [-0.4, -0.2) is 30.9 Å². The molecule has 3 aromatic rings. The Morgan fingerprint density at radius 3 is 2.46 bits per heavy atom. The van der Waals surface area contributed by atoms with Gasteiger partial charge in [0.1, 0.15) is 0 Å². The lowest BCUT2D eigenvalue weighted by molar-refractivity contribution is 0.336. The maximum Gasteiger partial charge on any atom is 0.268 e. The lowest BCUT2D eigenvalue weighted by Crippen LogP contribution is -2.19. The van der Waals surface area contributed by atoms with Crippen LogP contribution in [0, 0.1) is 0 Å². The molecular weight excluding hydrogens is 344 g/mol. The van der Waals surface area contributed by atoms with E-state index in [-0.39, 0.29) is 12.4 Å². The minimum Gasteiger partial charge on any atom is -0.302 e. The van der Waals surface area contributed by atoms with Crippen LogP contribution in [-0.2, 0) is 23.0 Å². The fraction of sp³-hybridized carbons (Fsp3) is 0.222. The van der Waals surface area contributed by atoms with Crippen LogP contribution < -0.4 is 0 Å². The topological polar surface area (TPSA) is 42.3 Å². The van der Waals surface area contributed by atoms with Crippen LogP contribution in [0.15, 0.2) is 59.6 Å². The summed E-state index contributed by atoms with van der Waals surface area (Å²) in [6.07, 6.45) is 2.73. The average molecular weight is 363 g/mol. The third kappa shape index (κ3) is 2.62. The van der Waals surface area contributed by atoms with Gasteiger partial charge in [-0.2, -0.15) is 0 Å². The van der Waals surface area contributed by atoms with E-state index in [1.54, 1.807) is 30.5 Å². The Morgan fingerprint density at radius 1 is 0.958 bits per heavy atom. The fourth-order valence-corrected chi connectivity index (χ4v) is 4.74. The summed E-state index contributed by atoms with van der Waals surface area (Å²) in [6.45, 7) is 1.75. The molecule has 0 fully saturated rings. The minimum atomic E-state index is -3.58. The van der Waals surface area contributed by atoms with Gasteiger partial charge in [0.05, 0.1) is 10.4 Å². The third-order valence-corrected chi connectivity index (χ3v) is 6.15. The second-order valence-corrected chi connectivity index (χ2v) is 7.88.